The van der Waals surface area contributed by atoms with Crippen molar-refractivity contribution in [2.75, 3.05) is 27.7 Å². The number of nitrogens with one attached hydrogen (secondary N) is 2. The number of hydrogen-bond acceptors (Lipinski definition) is 4. The highest BCUT2D eigenvalue weighted by Gasteiger charge is 2.17. The first-order chi connectivity index (χ1) is 11.9. The monoisotopic (exact) mass is 490 g/mol. The molecule has 2 heterocycles. The van der Waals surface area contributed by atoms with Crippen LogP contribution in [0.3, 0.4) is 0 Å². The van der Waals surface area contributed by atoms with Crippen LogP contribution in [-0.2, 0) is 13.5 Å². The van der Waals surface area contributed by atoms with Crippen LogP contribution in [0.1, 0.15) is 28.3 Å². The number of halogens is 1. The number of likely N-dealkylation sites (N-methyl/N-ethyl adjacent to an activating group) is 1. The molecule has 0 saturated carbocycles. The summed E-state index contributed by atoms with van der Waals surface area (Å²) in [7, 11) is 7.92. The van der Waals surface area contributed by atoms with Crippen LogP contribution in [0.4, 0.5) is 0 Å². The summed E-state index contributed by atoms with van der Waals surface area (Å²) in [5.74, 6) is 0.830. The molecule has 0 bridgehead atoms. The average molecular weight is 490 g/mol. The Morgan fingerprint density at radius 3 is 2.62 bits per heavy atom. The molecule has 0 aromatic carbocycles. The van der Waals surface area contributed by atoms with E-state index in [0.29, 0.717) is 6.04 Å². The predicted molar refractivity (Wildman–Crippen MR) is 122 cm³/mol. The van der Waals surface area contributed by atoms with Gasteiger partial charge in [-0.25, -0.2) is 0 Å². The summed E-state index contributed by atoms with van der Waals surface area (Å²) >= 11 is 1.86. The van der Waals surface area contributed by atoms with E-state index in [-0.39, 0.29) is 30.0 Å². The summed E-state index contributed by atoms with van der Waals surface area (Å²) in [5, 5.41) is 11.2. The summed E-state index contributed by atoms with van der Waals surface area (Å²) < 4.78 is 1.84. The van der Waals surface area contributed by atoms with Crippen LogP contribution in [0.15, 0.2) is 29.5 Å². The van der Waals surface area contributed by atoms with E-state index in [1.165, 1.54) is 15.3 Å². The lowest BCUT2D eigenvalue weighted by Gasteiger charge is -2.25. The van der Waals surface area contributed by atoms with Gasteiger partial charge in [0.1, 0.15) is 0 Å². The van der Waals surface area contributed by atoms with E-state index in [4.69, 9.17) is 0 Å². The lowest BCUT2D eigenvalue weighted by molar-refractivity contribution is 0.298. The topological polar surface area (TPSA) is 57.5 Å². The summed E-state index contributed by atoms with van der Waals surface area (Å²) in [6, 6.07) is 4.94. The zero-order valence-electron chi connectivity index (χ0n) is 16.5. The SMILES string of the molecule is CN=C(NCC(c1cnn(C)c1)N(C)C)NC(C)Cc1ccc(C)s1.I. The van der Waals surface area contributed by atoms with Gasteiger partial charge >= 0.3 is 0 Å². The van der Waals surface area contributed by atoms with E-state index >= 15 is 0 Å². The molecule has 0 aliphatic carbocycles. The molecule has 0 spiro atoms. The Morgan fingerprint density at radius 2 is 2.12 bits per heavy atom. The maximum atomic E-state index is 4.36. The second-order valence-corrected chi connectivity index (χ2v) is 8.01. The molecule has 6 nitrogen and oxygen atoms in total. The molecule has 0 fully saturated rings. The van der Waals surface area contributed by atoms with Crippen molar-refractivity contribution < 1.29 is 0 Å². The van der Waals surface area contributed by atoms with Crippen molar-refractivity contribution in [2.45, 2.75) is 32.4 Å². The fourth-order valence-corrected chi connectivity index (χ4v) is 3.80. The lowest BCUT2D eigenvalue weighted by atomic mass is 10.1. The molecule has 0 aliphatic rings. The maximum absolute atomic E-state index is 4.36. The Morgan fingerprint density at radius 1 is 1.38 bits per heavy atom. The molecule has 8 heteroatoms. The van der Waals surface area contributed by atoms with Crippen LogP contribution in [-0.4, -0.2) is 54.4 Å². The third-order valence-electron chi connectivity index (χ3n) is 4.11. The number of aliphatic imine (C=N–C) groups is 1. The number of guanidine groups is 1. The standard InChI is InChI=1S/C18H30N6S.HI/c1-13(9-16-8-7-14(2)25-16)22-18(19-3)20-11-17(23(4)5)15-10-21-24(6)12-15;/h7-8,10,12-13,17H,9,11H2,1-6H3,(H2,19,20,22);1H. The zero-order chi connectivity index (χ0) is 18.4. The Labute approximate surface area is 178 Å². The number of hydrogen-bond donors (Lipinski definition) is 2. The van der Waals surface area contributed by atoms with Gasteiger partial charge in [0, 0.05) is 54.6 Å². The Balaban J connectivity index is 0.00000338. The second-order valence-electron chi connectivity index (χ2n) is 6.64. The number of aromatic nitrogens is 2. The summed E-state index contributed by atoms with van der Waals surface area (Å²) in [6.07, 6.45) is 4.98. The van der Waals surface area contributed by atoms with Crippen LogP contribution < -0.4 is 10.6 Å². The van der Waals surface area contributed by atoms with Crippen molar-refractivity contribution in [1.29, 1.82) is 0 Å². The van der Waals surface area contributed by atoms with Crippen LogP contribution in [0.25, 0.3) is 0 Å². The van der Waals surface area contributed by atoms with Crippen molar-refractivity contribution in [1.82, 2.24) is 25.3 Å². The van der Waals surface area contributed by atoms with E-state index in [1.54, 1.807) is 0 Å². The molecule has 2 N–H and O–H groups in total. The molecule has 2 unspecified atom stereocenters. The third kappa shape index (κ3) is 6.88. The van der Waals surface area contributed by atoms with Crippen molar-refractivity contribution in [3.63, 3.8) is 0 Å². The summed E-state index contributed by atoms with van der Waals surface area (Å²) in [4.78, 5) is 9.31. The van der Waals surface area contributed by atoms with E-state index in [2.05, 4.69) is 71.9 Å². The van der Waals surface area contributed by atoms with E-state index < -0.39 is 0 Å². The van der Waals surface area contributed by atoms with Gasteiger partial charge in [-0.15, -0.1) is 35.3 Å². The van der Waals surface area contributed by atoms with E-state index in [0.717, 1.165) is 18.9 Å². The van der Waals surface area contributed by atoms with Gasteiger partial charge in [-0.3, -0.25) is 9.67 Å². The molecular weight excluding hydrogens is 459 g/mol. The van der Waals surface area contributed by atoms with Crippen molar-refractivity contribution in [3.05, 3.63) is 39.8 Å². The van der Waals surface area contributed by atoms with Gasteiger partial charge in [0.05, 0.1) is 12.2 Å². The molecule has 0 amide bonds. The Hall–Kier alpha value is -1.13. The Kier molecular flexibility index (Phi) is 9.59. The highest BCUT2D eigenvalue weighted by Crippen LogP contribution is 2.17. The maximum Gasteiger partial charge on any atom is 0.191 e. The zero-order valence-corrected chi connectivity index (χ0v) is 19.6. The number of nitrogens with zero attached hydrogens (tertiary/aromatic N) is 4. The molecule has 0 radical (unpaired) electrons. The fourth-order valence-electron chi connectivity index (χ4n) is 2.78. The van der Waals surface area contributed by atoms with Gasteiger partial charge in [-0.2, -0.15) is 5.10 Å². The van der Waals surface area contributed by atoms with Crippen LogP contribution >= 0.6 is 35.3 Å². The van der Waals surface area contributed by atoms with Crippen molar-refractivity contribution in [2.24, 2.45) is 12.0 Å². The highest BCUT2D eigenvalue weighted by molar-refractivity contribution is 14.0. The second kappa shape index (κ2) is 10.9. The highest BCUT2D eigenvalue weighted by atomic mass is 127. The summed E-state index contributed by atoms with van der Waals surface area (Å²) in [5.41, 5.74) is 1.19. The number of thiophene rings is 1. The predicted octanol–water partition coefficient (Wildman–Crippen LogP) is 2.81. The van der Waals surface area contributed by atoms with E-state index in [1.807, 2.05) is 36.3 Å². The Bertz CT molecular complexity index is 693. The first-order valence-electron chi connectivity index (χ1n) is 8.56. The number of aryl methyl sites for hydroxylation is 2. The van der Waals surface area contributed by atoms with Crippen LogP contribution in [0.2, 0.25) is 0 Å². The number of rotatable bonds is 7. The average Bonchev–Trinajstić information content (AvgIpc) is 3.14. The molecule has 0 saturated heterocycles. The molecule has 2 atom stereocenters. The smallest absolute Gasteiger partial charge is 0.191 e. The molecule has 146 valence electrons. The largest absolute Gasteiger partial charge is 0.354 e. The molecule has 2 aromatic heterocycles. The minimum Gasteiger partial charge on any atom is -0.354 e. The van der Waals surface area contributed by atoms with Gasteiger partial charge in [0.15, 0.2) is 5.96 Å². The first-order valence-corrected chi connectivity index (χ1v) is 9.38. The minimum absolute atomic E-state index is 0. The lowest BCUT2D eigenvalue weighted by Crippen LogP contribution is -2.45. The van der Waals surface area contributed by atoms with Gasteiger partial charge in [0.2, 0.25) is 0 Å². The first kappa shape index (κ1) is 22.9. The summed E-state index contributed by atoms with van der Waals surface area (Å²) in [6.45, 7) is 5.10. The fraction of sp³-hybridized carbons (Fsp3) is 0.556. The molecule has 0 aliphatic heterocycles. The normalized spacial score (nSPS) is 14.0. The molecule has 2 rings (SSSR count). The molecule has 2 aromatic rings. The van der Waals surface area contributed by atoms with Crippen molar-refractivity contribution >= 4 is 41.3 Å². The van der Waals surface area contributed by atoms with Gasteiger partial charge in [-0.1, -0.05) is 0 Å². The molecular formula is C18H31IN6S. The van der Waals surface area contributed by atoms with Crippen molar-refractivity contribution in [3.8, 4) is 0 Å². The third-order valence-corrected chi connectivity index (χ3v) is 5.13. The van der Waals surface area contributed by atoms with Crippen LogP contribution in [0, 0.1) is 6.92 Å². The molecule has 26 heavy (non-hydrogen) atoms. The van der Waals surface area contributed by atoms with Crippen LogP contribution in [0.5, 0.6) is 0 Å². The van der Waals surface area contributed by atoms with Gasteiger partial charge < -0.3 is 15.5 Å². The minimum atomic E-state index is 0. The van der Waals surface area contributed by atoms with Gasteiger partial charge in [0.25, 0.3) is 0 Å². The van der Waals surface area contributed by atoms with Gasteiger partial charge in [-0.05, 0) is 40.1 Å². The van der Waals surface area contributed by atoms with E-state index in [9.17, 15) is 0 Å². The quantitative estimate of drug-likeness (QED) is 0.356.